The zero-order chi connectivity index (χ0) is 20.4. The van der Waals surface area contributed by atoms with Gasteiger partial charge >= 0.3 is 0 Å². The number of anilines is 1. The summed E-state index contributed by atoms with van der Waals surface area (Å²) in [7, 11) is 0. The number of aryl methyl sites for hydroxylation is 1. The summed E-state index contributed by atoms with van der Waals surface area (Å²) in [4.78, 5) is 25.9. The van der Waals surface area contributed by atoms with Gasteiger partial charge in [-0.2, -0.15) is 0 Å². The van der Waals surface area contributed by atoms with E-state index >= 15 is 0 Å². The molecule has 3 aromatic rings. The molecule has 28 heavy (non-hydrogen) atoms. The normalized spacial score (nSPS) is 10.8. The van der Waals surface area contributed by atoms with Gasteiger partial charge in [0.05, 0.1) is 15.2 Å². The highest BCUT2D eigenvalue weighted by atomic mass is 79.9. The second kappa shape index (κ2) is 8.33. The van der Waals surface area contributed by atoms with Crippen LogP contribution in [0.5, 0.6) is 0 Å². The summed E-state index contributed by atoms with van der Waals surface area (Å²) in [6.07, 6.45) is 0. The molecule has 0 spiro atoms. The van der Waals surface area contributed by atoms with Gasteiger partial charge in [-0.1, -0.05) is 54.1 Å². The molecule has 0 radical (unpaired) electrons. The number of pyridine rings is 1. The second-order valence-electron chi connectivity index (χ2n) is 6.65. The number of carbonyl (C=O) groups excluding carboxylic acids is 1. The average molecular weight is 460 g/mol. The molecule has 0 fully saturated rings. The van der Waals surface area contributed by atoms with E-state index in [1.54, 1.807) is 13.0 Å². The van der Waals surface area contributed by atoms with Gasteiger partial charge in [0, 0.05) is 17.9 Å². The van der Waals surface area contributed by atoms with Crippen LogP contribution in [-0.2, 0) is 6.54 Å². The molecule has 0 saturated heterocycles. The Kier molecular flexibility index (Phi) is 6.06. The lowest BCUT2D eigenvalue weighted by Crippen LogP contribution is -2.28. The number of amides is 1. The predicted octanol–water partition coefficient (Wildman–Crippen LogP) is 5.49. The minimum absolute atomic E-state index is 0.104. The van der Waals surface area contributed by atoms with Gasteiger partial charge in [-0.25, -0.2) is 0 Å². The molecule has 0 aliphatic rings. The minimum Gasteiger partial charge on any atom is -0.343 e. The zero-order valence-corrected chi connectivity index (χ0v) is 18.2. The summed E-state index contributed by atoms with van der Waals surface area (Å²) < 4.78 is 2.35. The van der Waals surface area contributed by atoms with E-state index in [2.05, 4.69) is 21.2 Å². The van der Waals surface area contributed by atoms with Gasteiger partial charge in [0.15, 0.2) is 0 Å². The number of halogens is 2. The van der Waals surface area contributed by atoms with Gasteiger partial charge in [0.25, 0.3) is 5.91 Å². The Labute approximate surface area is 177 Å². The van der Waals surface area contributed by atoms with Crippen LogP contribution in [0.3, 0.4) is 0 Å². The number of nitrogens with one attached hydrogen (secondary N) is 1. The maximum atomic E-state index is 13.0. The number of hydrogen-bond acceptors (Lipinski definition) is 2. The van der Waals surface area contributed by atoms with Crippen LogP contribution in [0.15, 0.2) is 57.8 Å². The fourth-order valence-electron chi connectivity index (χ4n) is 3.18. The first-order valence-corrected chi connectivity index (χ1v) is 9.98. The monoisotopic (exact) mass is 458 g/mol. The van der Waals surface area contributed by atoms with Crippen molar-refractivity contribution in [1.82, 2.24) is 4.57 Å². The summed E-state index contributed by atoms with van der Waals surface area (Å²) in [6, 6.07) is 15.3. The highest BCUT2D eigenvalue weighted by molar-refractivity contribution is 9.10. The van der Waals surface area contributed by atoms with E-state index in [0.29, 0.717) is 27.4 Å². The van der Waals surface area contributed by atoms with E-state index in [1.165, 1.54) is 0 Å². The van der Waals surface area contributed by atoms with Gasteiger partial charge < -0.3 is 9.88 Å². The molecule has 6 heteroatoms. The van der Waals surface area contributed by atoms with Crippen molar-refractivity contribution in [3.8, 4) is 0 Å². The smallest absolute Gasteiger partial charge is 0.261 e. The van der Waals surface area contributed by atoms with Crippen LogP contribution < -0.4 is 10.7 Å². The third kappa shape index (κ3) is 3.91. The molecule has 0 aliphatic carbocycles. The van der Waals surface area contributed by atoms with Crippen molar-refractivity contribution in [2.24, 2.45) is 0 Å². The van der Waals surface area contributed by atoms with Crippen LogP contribution in [0.25, 0.3) is 0 Å². The van der Waals surface area contributed by atoms with Crippen LogP contribution in [-0.4, -0.2) is 10.5 Å². The highest BCUT2D eigenvalue weighted by Crippen LogP contribution is 2.26. The van der Waals surface area contributed by atoms with E-state index in [0.717, 1.165) is 16.8 Å². The summed E-state index contributed by atoms with van der Waals surface area (Å²) in [5.74, 6) is -0.471. The molecule has 4 nitrogen and oxygen atoms in total. The average Bonchev–Trinajstić information content (AvgIpc) is 2.67. The Hall–Kier alpha value is -2.37. The Morgan fingerprint density at radius 3 is 2.36 bits per heavy atom. The molecular weight excluding hydrogens is 440 g/mol. The molecule has 3 rings (SSSR count). The summed E-state index contributed by atoms with van der Waals surface area (Å²) in [6.45, 7) is 6.06. The first-order valence-electron chi connectivity index (χ1n) is 8.81. The van der Waals surface area contributed by atoms with Gasteiger partial charge in [-0.3, -0.25) is 9.59 Å². The maximum absolute atomic E-state index is 13.0. The van der Waals surface area contributed by atoms with Crippen molar-refractivity contribution in [3.63, 3.8) is 0 Å². The molecule has 1 N–H and O–H groups in total. The molecular formula is C22H20BrClN2O2. The van der Waals surface area contributed by atoms with Crippen LogP contribution >= 0.6 is 27.5 Å². The van der Waals surface area contributed by atoms with Crippen LogP contribution in [0.4, 0.5) is 5.69 Å². The number of carbonyl (C=O) groups is 1. The Morgan fingerprint density at radius 1 is 1.04 bits per heavy atom. The van der Waals surface area contributed by atoms with Crippen molar-refractivity contribution in [2.75, 3.05) is 5.32 Å². The Balaban J connectivity index is 2.08. The van der Waals surface area contributed by atoms with E-state index in [9.17, 15) is 9.59 Å². The molecule has 0 atom stereocenters. The molecule has 0 saturated carbocycles. The largest absolute Gasteiger partial charge is 0.343 e. The fourth-order valence-corrected chi connectivity index (χ4v) is 3.86. The molecule has 0 bridgehead atoms. The first-order chi connectivity index (χ1) is 13.3. The Morgan fingerprint density at radius 2 is 1.71 bits per heavy atom. The molecule has 0 aliphatic heterocycles. The first kappa shape index (κ1) is 20.4. The van der Waals surface area contributed by atoms with Gasteiger partial charge in [-0.15, -0.1) is 0 Å². The van der Waals surface area contributed by atoms with Crippen LogP contribution in [0, 0.1) is 20.8 Å². The molecule has 0 unspecified atom stereocenters. The van der Waals surface area contributed by atoms with E-state index in [4.69, 9.17) is 11.6 Å². The number of nitrogens with zero attached hydrogens (tertiary/aromatic N) is 1. The molecule has 1 aromatic heterocycles. The van der Waals surface area contributed by atoms with Crippen molar-refractivity contribution < 1.29 is 4.79 Å². The Bertz CT molecular complexity index is 1090. The maximum Gasteiger partial charge on any atom is 0.261 e. The van der Waals surface area contributed by atoms with E-state index < -0.39 is 5.91 Å². The lowest BCUT2D eigenvalue weighted by atomic mass is 10.1. The summed E-state index contributed by atoms with van der Waals surface area (Å²) in [5, 5.41) is 3.24. The number of para-hydroxylation sites is 1. The van der Waals surface area contributed by atoms with Gasteiger partial charge in [-0.05, 0) is 53.9 Å². The van der Waals surface area contributed by atoms with Crippen molar-refractivity contribution >= 4 is 39.1 Å². The second-order valence-corrected chi connectivity index (χ2v) is 7.85. The lowest BCUT2D eigenvalue weighted by molar-refractivity contribution is 0.102. The quantitative estimate of drug-likeness (QED) is 0.561. The number of benzene rings is 2. The van der Waals surface area contributed by atoms with Gasteiger partial charge in [0.1, 0.15) is 5.56 Å². The summed E-state index contributed by atoms with van der Waals surface area (Å²) >= 11 is 9.60. The van der Waals surface area contributed by atoms with Crippen molar-refractivity contribution in [3.05, 3.63) is 96.3 Å². The molecule has 1 amide bonds. The zero-order valence-electron chi connectivity index (χ0n) is 15.8. The SMILES string of the molecule is Cc1cccc(Cl)c1NC(=O)c1c(C)n(Cc2ccccc2)c(C)c(Br)c1=O. The number of aromatic nitrogens is 1. The van der Waals surface area contributed by atoms with Crippen LogP contribution in [0.2, 0.25) is 5.02 Å². The third-order valence-corrected chi connectivity index (χ3v) is 6.04. The lowest BCUT2D eigenvalue weighted by Gasteiger charge is -2.19. The van der Waals surface area contributed by atoms with Crippen molar-refractivity contribution in [1.29, 1.82) is 0 Å². The summed E-state index contributed by atoms with van der Waals surface area (Å²) in [5.41, 5.74) is 3.58. The number of hydrogen-bond donors (Lipinski definition) is 1. The highest BCUT2D eigenvalue weighted by Gasteiger charge is 2.22. The van der Waals surface area contributed by atoms with E-state index in [1.807, 2.05) is 60.9 Å². The fraction of sp³-hybridized carbons (Fsp3) is 0.182. The van der Waals surface area contributed by atoms with E-state index in [-0.39, 0.29) is 11.0 Å². The minimum atomic E-state index is -0.471. The molecule has 1 heterocycles. The number of rotatable bonds is 4. The van der Waals surface area contributed by atoms with Gasteiger partial charge in [0.2, 0.25) is 5.43 Å². The van der Waals surface area contributed by atoms with Crippen molar-refractivity contribution in [2.45, 2.75) is 27.3 Å². The molecule has 144 valence electrons. The van der Waals surface area contributed by atoms with Crippen LogP contribution in [0.1, 0.15) is 32.9 Å². The third-order valence-electron chi connectivity index (χ3n) is 4.79. The standard InChI is InChI=1S/C22H20BrClN2O2/c1-13-8-7-11-17(24)20(13)25-22(28)18-14(2)26(15(3)19(23)21(18)27)12-16-9-5-4-6-10-16/h4-11H,12H2,1-3H3,(H,25,28). The predicted molar refractivity (Wildman–Crippen MR) is 118 cm³/mol. The molecule has 2 aromatic carbocycles. The topological polar surface area (TPSA) is 51.1 Å².